The molecule has 3 aromatic rings. The van der Waals surface area contributed by atoms with Crippen molar-refractivity contribution in [2.24, 2.45) is 0 Å². The van der Waals surface area contributed by atoms with Gasteiger partial charge in [-0.15, -0.1) is 0 Å². The summed E-state index contributed by atoms with van der Waals surface area (Å²) in [7, 11) is 0. The van der Waals surface area contributed by atoms with E-state index >= 15 is 0 Å². The van der Waals surface area contributed by atoms with Gasteiger partial charge < -0.3 is 9.73 Å². The van der Waals surface area contributed by atoms with Gasteiger partial charge >= 0.3 is 0 Å². The van der Waals surface area contributed by atoms with Crippen LogP contribution in [0.15, 0.2) is 46.9 Å². The van der Waals surface area contributed by atoms with Gasteiger partial charge in [-0.2, -0.15) is 0 Å². The fourth-order valence-electron chi connectivity index (χ4n) is 4.23. The Hall–Kier alpha value is -2.30. The first kappa shape index (κ1) is 20.0. The van der Waals surface area contributed by atoms with Gasteiger partial charge in [0.25, 0.3) is 5.91 Å². The molecule has 2 heterocycles. The minimum atomic E-state index is -0.176. The van der Waals surface area contributed by atoms with Crippen molar-refractivity contribution in [1.82, 2.24) is 10.2 Å². The van der Waals surface area contributed by atoms with Crippen molar-refractivity contribution in [3.8, 4) is 0 Å². The van der Waals surface area contributed by atoms with Gasteiger partial charge in [-0.1, -0.05) is 48.4 Å². The van der Waals surface area contributed by atoms with E-state index in [0.29, 0.717) is 12.3 Å². The van der Waals surface area contributed by atoms with Crippen LogP contribution in [0.2, 0.25) is 5.02 Å². The molecule has 1 amide bonds. The molecule has 1 N–H and O–H groups in total. The van der Waals surface area contributed by atoms with E-state index in [2.05, 4.69) is 16.3 Å². The molecule has 0 bridgehead atoms. The quantitative estimate of drug-likeness (QED) is 0.590. The Morgan fingerprint density at radius 2 is 1.90 bits per heavy atom. The Bertz CT molecular complexity index is 1020. The monoisotopic (exact) mass is 410 g/mol. The number of piperidine rings is 1. The number of nitrogens with zero attached hydrogens (tertiary/aromatic N) is 1. The lowest BCUT2D eigenvalue weighted by atomic mass is 10.0. The molecule has 1 aliphatic rings. The second-order valence-electron chi connectivity index (χ2n) is 7.90. The predicted molar refractivity (Wildman–Crippen MR) is 118 cm³/mol. The molecule has 2 aromatic carbocycles. The zero-order valence-electron chi connectivity index (χ0n) is 17.0. The zero-order valence-corrected chi connectivity index (χ0v) is 17.8. The topological polar surface area (TPSA) is 45.5 Å². The molecule has 152 valence electrons. The number of likely N-dealkylation sites (tertiary alicyclic amines) is 1. The number of halogens is 1. The maximum absolute atomic E-state index is 13.0. The molecule has 0 saturated carbocycles. The van der Waals surface area contributed by atoms with E-state index in [1.54, 1.807) is 0 Å². The van der Waals surface area contributed by atoms with Crippen LogP contribution in [0, 0.1) is 13.8 Å². The van der Waals surface area contributed by atoms with Crippen molar-refractivity contribution in [1.29, 1.82) is 0 Å². The molecule has 5 heteroatoms. The van der Waals surface area contributed by atoms with Crippen LogP contribution in [0.4, 0.5) is 0 Å². The van der Waals surface area contributed by atoms with Gasteiger partial charge in [0, 0.05) is 22.5 Å². The highest BCUT2D eigenvalue weighted by atomic mass is 35.5. The summed E-state index contributed by atoms with van der Waals surface area (Å²) in [5.74, 6) is 0.215. The maximum atomic E-state index is 13.0. The van der Waals surface area contributed by atoms with Crippen LogP contribution >= 0.6 is 11.6 Å². The Morgan fingerprint density at radius 1 is 1.14 bits per heavy atom. The van der Waals surface area contributed by atoms with E-state index in [0.717, 1.165) is 45.8 Å². The Morgan fingerprint density at radius 3 is 2.66 bits per heavy atom. The number of hydrogen-bond acceptors (Lipinski definition) is 3. The molecule has 0 radical (unpaired) electrons. The average Bonchev–Trinajstić information content (AvgIpc) is 3.06. The molecule has 1 aliphatic heterocycles. The largest absolute Gasteiger partial charge is 0.451 e. The first-order valence-corrected chi connectivity index (χ1v) is 10.7. The summed E-state index contributed by atoms with van der Waals surface area (Å²) >= 11 is 6.51. The van der Waals surface area contributed by atoms with Gasteiger partial charge in [-0.05, 0) is 63.0 Å². The highest BCUT2D eigenvalue weighted by Gasteiger charge is 2.26. The fraction of sp³-hybridized carbons (Fsp3) is 0.375. The first-order chi connectivity index (χ1) is 14.0. The smallest absolute Gasteiger partial charge is 0.287 e. The Balaban J connectivity index is 1.56. The van der Waals surface area contributed by atoms with Crippen LogP contribution in [0.5, 0.6) is 0 Å². The summed E-state index contributed by atoms with van der Waals surface area (Å²) in [4.78, 5) is 15.4. The second-order valence-corrected chi connectivity index (χ2v) is 8.31. The number of aryl methyl sites for hydroxylation is 2. The maximum Gasteiger partial charge on any atom is 0.287 e. The third-order valence-corrected chi connectivity index (χ3v) is 6.20. The van der Waals surface area contributed by atoms with E-state index in [1.807, 2.05) is 50.2 Å². The molecule has 1 aromatic heterocycles. The van der Waals surface area contributed by atoms with Crippen LogP contribution in [0.1, 0.15) is 52.5 Å². The van der Waals surface area contributed by atoms with Crippen molar-refractivity contribution in [3.63, 3.8) is 0 Å². The Labute approximate surface area is 176 Å². The molecule has 0 unspecified atom stereocenters. The van der Waals surface area contributed by atoms with E-state index in [1.165, 1.54) is 19.3 Å². The van der Waals surface area contributed by atoms with Gasteiger partial charge in [0.1, 0.15) is 5.58 Å². The van der Waals surface area contributed by atoms with Crippen molar-refractivity contribution in [2.75, 3.05) is 19.6 Å². The second kappa shape index (κ2) is 8.60. The lowest BCUT2D eigenvalue weighted by Crippen LogP contribution is -2.40. The van der Waals surface area contributed by atoms with Crippen LogP contribution in [-0.4, -0.2) is 30.4 Å². The predicted octanol–water partition coefficient (Wildman–Crippen LogP) is 5.66. The fourth-order valence-corrected chi connectivity index (χ4v) is 4.49. The zero-order chi connectivity index (χ0) is 20.4. The number of amides is 1. The number of furan rings is 1. The molecular formula is C24H27ClN2O2. The SMILES string of the molecule is Cc1ccc2c(C)c(C(=O)NC[C@H](c3ccccc3Cl)N3CCCCC3)oc2c1. The number of fused-ring (bicyclic) bond motifs is 1. The molecule has 29 heavy (non-hydrogen) atoms. The van der Waals surface area contributed by atoms with Gasteiger partial charge in [0.05, 0.1) is 6.04 Å². The van der Waals surface area contributed by atoms with Crippen molar-refractivity contribution < 1.29 is 9.21 Å². The third kappa shape index (κ3) is 4.19. The van der Waals surface area contributed by atoms with E-state index in [4.69, 9.17) is 16.0 Å². The van der Waals surface area contributed by atoms with Crippen molar-refractivity contribution in [3.05, 3.63) is 69.9 Å². The van der Waals surface area contributed by atoms with E-state index in [9.17, 15) is 4.79 Å². The molecular weight excluding hydrogens is 384 g/mol. The van der Waals surface area contributed by atoms with E-state index in [-0.39, 0.29) is 11.9 Å². The van der Waals surface area contributed by atoms with Gasteiger partial charge in [0.15, 0.2) is 5.76 Å². The Kier molecular flexibility index (Phi) is 5.93. The van der Waals surface area contributed by atoms with Gasteiger partial charge in [-0.3, -0.25) is 9.69 Å². The van der Waals surface area contributed by atoms with Crippen molar-refractivity contribution in [2.45, 2.75) is 39.2 Å². The minimum Gasteiger partial charge on any atom is -0.451 e. The highest BCUT2D eigenvalue weighted by molar-refractivity contribution is 6.31. The van der Waals surface area contributed by atoms with Crippen LogP contribution in [-0.2, 0) is 0 Å². The normalized spacial score (nSPS) is 16.1. The van der Waals surface area contributed by atoms with Crippen LogP contribution < -0.4 is 5.32 Å². The number of hydrogen-bond donors (Lipinski definition) is 1. The number of rotatable bonds is 5. The van der Waals surface area contributed by atoms with Crippen molar-refractivity contribution >= 4 is 28.5 Å². The summed E-state index contributed by atoms with van der Waals surface area (Å²) in [6, 6.07) is 14.0. The minimum absolute atomic E-state index is 0.0554. The molecule has 1 fully saturated rings. The summed E-state index contributed by atoms with van der Waals surface area (Å²) in [6.07, 6.45) is 3.61. The summed E-state index contributed by atoms with van der Waals surface area (Å²) < 4.78 is 5.90. The number of benzene rings is 2. The standard InChI is InChI=1S/C24H27ClN2O2/c1-16-10-11-18-17(2)23(29-22(18)14-16)24(28)26-15-21(27-12-6-3-7-13-27)19-8-4-5-9-20(19)25/h4-5,8-11,14,21H,3,6-7,12-13,15H2,1-2H3,(H,26,28)/t21-/m1/s1. The van der Waals surface area contributed by atoms with Gasteiger partial charge in [0.2, 0.25) is 0 Å². The van der Waals surface area contributed by atoms with Gasteiger partial charge in [-0.25, -0.2) is 0 Å². The summed E-state index contributed by atoms with van der Waals surface area (Å²) in [5.41, 5.74) is 3.81. The number of carbonyl (C=O) groups excluding carboxylic acids is 1. The molecule has 1 saturated heterocycles. The molecule has 1 atom stereocenters. The third-order valence-electron chi connectivity index (χ3n) is 5.85. The molecule has 4 nitrogen and oxygen atoms in total. The number of carbonyl (C=O) groups is 1. The average molecular weight is 411 g/mol. The molecule has 4 rings (SSSR count). The summed E-state index contributed by atoms with van der Waals surface area (Å²) in [6.45, 7) is 6.50. The first-order valence-electron chi connectivity index (χ1n) is 10.3. The van der Waals surface area contributed by atoms with E-state index < -0.39 is 0 Å². The van der Waals surface area contributed by atoms with Crippen LogP contribution in [0.3, 0.4) is 0 Å². The number of nitrogens with one attached hydrogen (secondary N) is 1. The molecule has 0 spiro atoms. The molecule has 0 aliphatic carbocycles. The lowest BCUT2D eigenvalue weighted by molar-refractivity contribution is 0.0898. The lowest BCUT2D eigenvalue weighted by Gasteiger charge is -2.35. The summed E-state index contributed by atoms with van der Waals surface area (Å²) in [5, 5.41) is 4.83. The highest BCUT2D eigenvalue weighted by Crippen LogP contribution is 2.30. The van der Waals surface area contributed by atoms with Crippen LogP contribution in [0.25, 0.3) is 11.0 Å².